The lowest BCUT2D eigenvalue weighted by Crippen LogP contribution is -2.39. The van der Waals surface area contributed by atoms with Crippen molar-refractivity contribution in [2.24, 2.45) is 0 Å². The van der Waals surface area contributed by atoms with Crippen molar-refractivity contribution >= 4 is 8.69 Å². The van der Waals surface area contributed by atoms with Gasteiger partial charge < -0.3 is 23.8 Å². The van der Waals surface area contributed by atoms with E-state index in [9.17, 15) is 19.3 Å². The van der Waals surface area contributed by atoms with Gasteiger partial charge in [0.25, 0.3) is 5.56 Å². The molecule has 1 aromatic heterocycles. The summed E-state index contributed by atoms with van der Waals surface area (Å²) >= 11 is 0. The minimum Gasteiger partial charge on any atom is -0.416 e. The summed E-state index contributed by atoms with van der Waals surface area (Å²) < 4.78 is 32.0. The van der Waals surface area contributed by atoms with Crippen molar-refractivity contribution in [2.75, 3.05) is 20.3 Å². The summed E-state index contributed by atoms with van der Waals surface area (Å²) in [5.41, 5.74) is -1.25. The smallest absolute Gasteiger partial charge is 0.395 e. The number of aliphatic hydroxyl groups is 1. The monoisotopic (exact) mass is 360 g/mol. The summed E-state index contributed by atoms with van der Waals surface area (Å²) in [7, 11) is 0.951. The molecule has 1 aliphatic heterocycles. The number of H-pyrrole nitrogens is 1. The molecule has 4 atom stereocenters. The number of nitrogens with zero attached hydrogens (tertiary/aromatic N) is 1. The van der Waals surface area contributed by atoms with Crippen LogP contribution in [-0.2, 0) is 23.3 Å². The molecule has 1 aromatic rings. The Bertz CT molecular complexity index is 687. The minimum absolute atomic E-state index is 0.169. The Morgan fingerprint density at radius 1 is 1.46 bits per heavy atom. The van der Waals surface area contributed by atoms with E-state index in [0.29, 0.717) is 0 Å². The van der Waals surface area contributed by atoms with E-state index in [0.717, 1.165) is 16.9 Å². The Morgan fingerprint density at radius 2 is 2.25 bits per heavy atom. The third kappa shape index (κ3) is 4.37. The van der Waals surface area contributed by atoms with Crippen LogP contribution in [-0.4, -0.2) is 53.3 Å². The van der Waals surface area contributed by atoms with Gasteiger partial charge in [0.1, 0.15) is 18.3 Å². The first-order chi connectivity index (χ1) is 11.6. The summed E-state index contributed by atoms with van der Waals surface area (Å²) in [6.45, 7) is 0.456. The van der Waals surface area contributed by atoms with Crippen LogP contribution < -0.4 is 11.2 Å². The quantitative estimate of drug-likeness (QED) is 0.363. The Morgan fingerprint density at radius 3 is 2.92 bits per heavy atom. The molecular weight excluding hydrogens is 343 g/mol. The largest absolute Gasteiger partial charge is 0.416 e. The fourth-order valence-corrected chi connectivity index (χ4v) is 2.39. The number of ether oxygens (including phenoxy) is 3. The molecule has 0 spiro atoms. The molecule has 10 nitrogen and oxygen atoms in total. The molecule has 11 heteroatoms. The van der Waals surface area contributed by atoms with Gasteiger partial charge in [-0.2, -0.15) is 0 Å². The lowest BCUT2D eigenvalue weighted by molar-refractivity contribution is -0.0783. The van der Waals surface area contributed by atoms with Gasteiger partial charge in [0.2, 0.25) is 0 Å². The van der Waals surface area contributed by atoms with Gasteiger partial charge in [-0.3, -0.25) is 14.3 Å². The molecule has 0 bridgehead atoms. The molecule has 0 amide bonds. The molecule has 0 saturated carbocycles. The van der Waals surface area contributed by atoms with Gasteiger partial charge in [-0.1, -0.05) is 0 Å². The van der Waals surface area contributed by atoms with Crippen LogP contribution in [0, 0.1) is 0 Å². The number of aromatic nitrogens is 2. The summed E-state index contributed by atoms with van der Waals surface area (Å²) in [6.07, 6.45) is -0.128. The predicted octanol–water partition coefficient (Wildman–Crippen LogP) is -0.437. The fraction of sp³-hybridized carbons (Fsp3) is 0.538. The maximum Gasteiger partial charge on any atom is 0.395 e. The van der Waals surface area contributed by atoms with Crippen molar-refractivity contribution in [1.29, 1.82) is 0 Å². The van der Waals surface area contributed by atoms with E-state index >= 15 is 0 Å². The normalized spacial score (nSPS) is 27.1. The van der Waals surface area contributed by atoms with Crippen LogP contribution in [0.5, 0.6) is 0 Å². The second-order valence-electron chi connectivity index (χ2n) is 4.84. The fourth-order valence-electron chi connectivity index (χ4n) is 2.27. The predicted molar refractivity (Wildman–Crippen MR) is 80.7 cm³/mol. The van der Waals surface area contributed by atoms with Crippen LogP contribution in [0.3, 0.4) is 0 Å². The molecule has 0 aliphatic carbocycles. The van der Waals surface area contributed by atoms with Crippen LogP contribution >= 0.6 is 8.69 Å². The Balaban J connectivity index is 2.25. The average molecular weight is 360 g/mol. The molecule has 132 valence electrons. The molecule has 2 heterocycles. The third-order valence-electron chi connectivity index (χ3n) is 3.35. The van der Waals surface area contributed by atoms with Crippen molar-refractivity contribution in [3.05, 3.63) is 45.4 Å². The Kier molecular flexibility index (Phi) is 6.83. The van der Waals surface area contributed by atoms with Gasteiger partial charge in [0, 0.05) is 19.4 Å². The number of aromatic amines is 1. The topological polar surface area (TPSA) is 129 Å². The SMILES string of the molecule is COCCO[C@@H]1[C@H](O)[C@@H](/C=C/OP=O)O[C@H]1n1ccc(=O)[nH]c1=O. The van der Waals surface area contributed by atoms with E-state index in [4.69, 9.17) is 14.2 Å². The van der Waals surface area contributed by atoms with Crippen LogP contribution in [0.4, 0.5) is 0 Å². The van der Waals surface area contributed by atoms with Crippen LogP contribution in [0.2, 0.25) is 0 Å². The van der Waals surface area contributed by atoms with Gasteiger partial charge in [0.05, 0.1) is 19.5 Å². The zero-order chi connectivity index (χ0) is 17.5. The van der Waals surface area contributed by atoms with E-state index in [1.807, 2.05) is 0 Å². The highest BCUT2D eigenvalue weighted by atomic mass is 31.1. The lowest BCUT2D eigenvalue weighted by atomic mass is 10.1. The highest BCUT2D eigenvalue weighted by molar-refractivity contribution is 7.17. The van der Waals surface area contributed by atoms with Crippen molar-refractivity contribution in [2.45, 2.75) is 24.5 Å². The molecule has 0 aromatic carbocycles. The Labute approximate surface area is 137 Å². The zero-order valence-corrected chi connectivity index (χ0v) is 13.6. The number of rotatable bonds is 8. The van der Waals surface area contributed by atoms with E-state index in [1.165, 1.54) is 19.4 Å². The minimum atomic E-state index is -1.12. The molecule has 0 unspecified atom stereocenters. The number of nitrogens with one attached hydrogen (secondary N) is 1. The van der Waals surface area contributed by atoms with Crippen LogP contribution in [0.25, 0.3) is 0 Å². The van der Waals surface area contributed by atoms with E-state index < -0.39 is 44.5 Å². The van der Waals surface area contributed by atoms with Crippen LogP contribution in [0.1, 0.15) is 6.23 Å². The summed E-state index contributed by atoms with van der Waals surface area (Å²) in [4.78, 5) is 25.3. The molecule has 24 heavy (non-hydrogen) atoms. The maximum absolute atomic E-state index is 12.0. The summed E-state index contributed by atoms with van der Waals surface area (Å²) in [6, 6.07) is 1.16. The van der Waals surface area contributed by atoms with Gasteiger partial charge in [-0.05, 0) is 6.08 Å². The Hall–Kier alpha value is -1.84. The van der Waals surface area contributed by atoms with Gasteiger partial charge >= 0.3 is 14.4 Å². The standard InChI is InChI=1S/C13H17N2O8P/c1-20-6-7-21-11-10(17)8(3-5-22-24-19)23-12(11)15-4-2-9(16)14-13(15)18/h2-5,8,10-12,17H,6-7H2,1H3,(H,14,16,18)/b5-3+/t8-,10-,11-,12-/m1/s1. The van der Waals surface area contributed by atoms with Gasteiger partial charge in [-0.25, -0.2) is 9.36 Å². The van der Waals surface area contributed by atoms with Crippen LogP contribution in [0.15, 0.2) is 34.2 Å². The molecule has 1 aliphatic rings. The highest BCUT2D eigenvalue weighted by Gasteiger charge is 2.45. The van der Waals surface area contributed by atoms with Gasteiger partial charge in [-0.15, -0.1) is 0 Å². The maximum atomic E-state index is 12.0. The van der Waals surface area contributed by atoms with Gasteiger partial charge in [0.15, 0.2) is 6.23 Å². The first-order valence-electron chi connectivity index (χ1n) is 6.99. The van der Waals surface area contributed by atoms with E-state index in [1.54, 1.807) is 0 Å². The summed E-state index contributed by atoms with van der Waals surface area (Å²) in [5, 5.41) is 10.4. The van der Waals surface area contributed by atoms with Crippen molar-refractivity contribution in [1.82, 2.24) is 9.55 Å². The first-order valence-corrected chi connectivity index (χ1v) is 7.72. The molecule has 0 radical (unpaired) electrons. The van der Waals surface area contributed by atoms with Crippen molar-refractivity contribution in [3.63, 3.8) is 0 Å². The lowest BCUT2D eigenvalue weighted by Gasteiger charge is -2.21. The zero-order valence-electron chi connectivity index (χ0n) is 12.7. The molecular formula is C13H17N2O8P. The number of hydrogen-bond donors (Lipinski definition) is 2. The highest BCUT2D eigenvalue weighted by Crippen LogP contribution is 2.31. The molecule has 1 saturated heterocycles. The average Bonchev–Trinajstić information content (AvgIpc) is 2.85. The second-order valence-corrected chi connectivity index (χ2v) is 5.20. The van der Waals surface area contributed by atoms with E-state index in [-0.39, 0.29) is 13.2 Å². The van der Waals surface area contributed by atoms with Crippen molar-refractivity contribution < 1.29 is 28.4 Å². The number of hydrogen-bond acceptors (Lipinski definition) is 8. The van der Waals surface area contributed by atoms with Crippen molar-refractivity contribution in [3.8, 4) is 0 Å². The number of methoxy groups -OCH3 is 1. The molecule has 1 fully saturated rings. The first kappa shape index (κ1) is 18.5. The second kappa shape index (κ2) is 8.86. The molecule has 2 rings (SSSR count). The summed E-state index contributed by atoms with van der Waals surface area (Å²) in [5.74, 6) is 0. The third-order valence-corrected chi connectivity index (χ3v) is 3.55. The number of aliphatic hydroxyl groups excluding tert-OH is 1. The van der Waals surface area contributed by atoms with E-state index in [2.05, 4.69) is 9.51 Å². The molecule has 2 N–H and O–H groups in total.